The van der Waals surface area contributed by atoms with Crippen molar-refractivity contribution in [3.05, 3.63) is 29.8 Å². The monoisotopic (exact) mass is 315 g/mol. The first-order valence-corrected chi connectivity index (χ1v) is 9.09. The van der Waals surface area contributed by atoms with Crippen molar-refractivity contribution < 1.29 is 4.79 Å². The number of rotatable bonds is 5. The molecule has 0 bridgehead atoms. The zero-order valence-corrected chi connectivity index (χ0v) is 14.3. The molecule has 1 N–H and O–H groups in total. The molecule has 0 atom stereocenters. The predicted octanol–water partition coefficient (Wildman–Crippen LogP) is 3.27. The van der Waals surface area contributed by atoms with Crippen molar-refractivity contribution in [3.8, 4) is 0 Å². The van der Waals surface area contributed by atoms with Crippen LogP contribution in [0.4, 0.5) is 10.5 Å². The molecule has 0 aliphatic carbocycles. The second-order valence-corrected chi connectivity index (χ2v) is 6.99. The molecule has 3 rings (SSSR count). The van der Waals surface area contributed by atoms with E-state index in [9.17, 15) is 4.79 Å². The molecule has 1 aromatic carbocycles. The van der Waals surface area contributed by atoms with E-state index in [1.165, 1.54) is 44.5 Å². The van der Waals surface area contributed by atoms with E-state index in [2.05, 4.69) is 23.2 Å². The first kappa shape index (κ1) is 16.3. The molecule has 0 spiro atoms. The molecule has 2 aliphatic rings. The fourth-order valence-electron chi connectivity index (χ4n) is 3.59. The highest BCUT2D eigenvalue weighted by Crippen LogP contribution is 2.27. The van der Waals surface area contributed by atoms with Crippen molar-refractivity contribution in [1.82, 2.24) is 10.2 Å². The first-order chi connectivity index (χ1) is 11.2. The van der Waals surface area contributed by atoms with Crippen LogP contribution in [-0.4, -0.2) is 43.7 Å². The van der Waals surface area contributed by atoms with Gasteiger partial charge >= 0.3 is 6.03 Å². The lowest BCUT2D eigenvalue weighted by atomic mass is 9.99. The van der Waals surface area contributed by atoms with Gasteiger partial charge in [-0.3, -0.25) is 4.90 Å². The average molecular weight is 315 g/mol. The van der Waals surface area contributed by atoms with Crippen LogP contribution in [0.3, 0.4) is 0 Å². The van der Waals surface area contributed by atoms with E-state index >= 15 is 0 Å². The van der Waals surface area contributed by atoms with Gasteiger partial charge < -0.3 is 10.2 Å². The fourth-order valence-corrected chi connectivity index (χ4v) is 3.59. The summed E-state index contributed by atoms with van der Waals surface area (Å²) < 4.78 is 0. The molecule has 0 aromatic heterocycles. The van der Waals surface area contributed by atoms with Gasteiger partial charge in [0.05, 0.1) is 0 Å². The van der Waals surface area contributed by atoms with Gasteiger partial charge in [-0.1, -0.05) is 25.1 Å². The normalized spacial score (nSPS) is 18.9. The molecular formula is C19H29N3O. The van der Waals surface area contributed by atoms with E-state index in [-0.39, 0.29) is 6.03 Å². The number of amides is 2. The zero-order chi connectivity index (χ0) is 16.1. The quantitative estimate of drug-likeness (QED) is 0.847. The Labute approximate surface area is 139 Å². The van der Waals surface area contributed by atoms with Crippen LogP contribution in [0.1, 0.15) is 38.2 Å². The number of urea groups is 1. The van der Waals surface area contributed by atoms with E-state index in [0.717, 1.165) is 37.5 Å². The second kappa shape index (κ2) is 7.82. The molecule has 0 radical (unpaired) electrons. The Morgan fingerprint density at radius 2 is 1.96 bits per heavy atom. The van der Waals surface area contributed by atoms with Gasteiger partial charge in [-0.2, -0.15) is 0 Å². The van der Waals surface area contributed by atoms with Gasteiger partial charge in [0.1, 0.15) is 0 Å². The Morgan fingerprint density at radius 1 is 1.17 bits per heavy atom. The van der Waals surface area contributed by atoms with Crippen molar-refractivity contribution >= 4 is 11.7 Å². The van der Waals surface area contributed by atoms with Crippen molar-refractivity contribution in [2.75, 3.05) is 37.6 Å². The standard InChI is InChI=1S/C19H29N3O/c1-16-8-13-21(14-9-16)12-5-4-11-20-19(23)22-15-10-17-6-2-3-7-18(17)22/h2-3,6-7,16H,4-5,8-15H2,1H3,(H,20,23). The van der Waals surface area contributed by atoms with Crippen molar-refractivity contribution in [2.24, 2.45) is 5.92 Å². The van der Waals surface area contributed by atoms with Gasteiger partial charge in [0.2, 0.25) is 0 Å². The molecule has 4 heteroatoms. The molecule has 2 heterocycles. The maximum atomic E-state index is 12.3. The number of carbonyl (C=O) groups excluding carboxylic acids is 1. The van der Waals surface area contributed by atoms with Crippen LogP contribution in [0.15, 0.2) is 24.3 Å². The minimum absolute atomic E-state index is 0.0572. The number of likely N-dealkylation sites (tertiary alicyclic amines) is 1. The summed E-state index contributed by atoms with van der Waals surface area (Å²) in [5.74, 6) is 0.897. The highest BCUT2D eigenvalue weighted by molar-refractivity contribution is 5.94. The molecule has 1 saturated heterocycles. The van der Waals surface area contributed by atoms with Crippen LogP contribution in [0, 0.1) is 5.92 Å². The van der Waals surface area contributed by atoms with Crippen LogP contribution in [0.25, 0.3) is 0 Å². The van der Waals surface area contributed by atoms with Gasteiger partial charge in [0.25, 0.3) is 0 Å². The third kappa shape index (κ3) is 4.25. The number of carbonyl (C=O) groups is 1. The molecule has 1 fully saturated rings. The summed E-state index contributed by atoms with van der Waals surface area (Å²) in [6, 6.07) is 8.26. The summed E-state index contributed by atoms with van der Waals surface area (Å²) in [4.78, 5) is 16.8. The number of nitrogens with zero attached hydrogens (tertiary/aromatic N) is 2. The van der Waals surface area contributed by atoms with Gasteiger partial charge in [-0.05, 0) is 69.3 Å². The number of nitrogens with one attached hydrogen (secondary N) is 1. The number of piperidine rings is 1. The summed E-state index contributed by atoms with van der Waals surface area (Å²) in [7, 11) is 0. The van der Waals surface area contributed by atoms with E-state index in [1.807, 2.05) is 23.1 Å². The number of anilines is 1. The Balaban J connectivity index is 1.33. The van der Waals surface area contributed by atoms with Crippen LogP contribution >= 0.6 is 0 Å². The van der Waals surface area contributed by atoms with E-state index < -0.39 is 0 Å². The topological polar surface area (TPSA) is 35.6 Å². The molecular weight excluding hydrogens is 286 g/mol. The fraction of sp³-hybridized carbons (Fsp3) is 0.632. The lowest BCUT2D eigenvalue weighted by molar-refractivity contribution is 0.189. The zero-order valence-electron chi connectivity index (χ0n) is 14.3. The number of unbranched alkanes of at least 4 members (excludes halogenated alkanes) is 1. The van der Waals surface area contributed by atoms with Gasteiger partial charge in [-0.25, -0.2) is 4.79 Å². The summed E-state index contributed by atoms with van der Waals surface area (Å²) >= 11 is 0. The summed E-state index contributed by atoms with van der Waals surface area (Å²) in [6.07, 6.45) is 5.88. The molecule has 1 aromatic rings. The largest absolute Gasteiger partial charge is 0.338 e. The van der Waals surface area contributed by atoms with Crippen LogP contribution in [-0.2, 0) is 6.42 Å². The molecule has 0 saturated carbocycles. The minimum atomic E-state index is 0.0572. The summed E-state index contributed by atoms with van der Waals surface area (Å²) in [5.41, 5.74) is 2.36. The van der Waals surface area contributed by atoms with Crippen LogP contribution in [0.2, 0.25) is 0 Å². The first-order valence-electron chi connectivity index (χ1n) is 9.09. The Kier molecular flexibility index (Phi) is 5.55. The summed E-state index contributed by atoms with van der Waals surface area (Å²) in [5, 5.41) is 3.08. The molecule has 2 amide bonds. The molecule has 23 heavy (non-hydrogen) atoms. The molecule has 126 valence electrons. The average Bonchev–Trinajstić information content (AvgIpc) is 3.00. The van der Waals surface area contributed by atoms with Crippen LogP contribution in [0.5, 0.6) is 0 Å². The maximum Gasteiger partial charge on any atom is 0.321 e. The number of fused-ring (bicyclic) bond motifs is 1. The molecule has 4 nitrogen and oxygen atoms in total. The maximum absolute atomic E-state index is 12.3. The van der Waals surface area contributed by atoms with Crippen molar-refractivity contribution in [3.63, 3.8) is 0 Å². The van der Waals surface area contributed by atoms with Gasteiger partial charge in [0, 0.05) is 18.8 Å². The lowest BCUT2D eigenvalue weighted by Gasteiger charge is -2.30. The van der Waals surface area contributed by atoms with E-state index in [0.29, 0.717) is 0 Å². The SMILES string of the molecule is CC1CCN(CCCCNC(=O)N2CCc3ccccc32)CC1. The van der Waals surface area contributed by atoms with Crippen molar-refractivity contribution in [2.45, 2.75) is 39.0 Å². The number of benzene rings is 1. The number of hydrogen-bond acceptors (Lipinski definition) is 2. The minimum Gasteiger partial charge on any atom is -0.338 e. The molecule has 2 aliphatic heterocycles. The number of hydrogen-bond donors (Lipinski definition) is 1. The van der Waals surface area contributed by atoms with Crippen molar-refractivity contribution in [1.29, 1.82) is 0 Å². The second-order valence-electron chi connectivity index (χ2n) is 6.99. The molecule has 0 unspecified atom stereocenters. The third-order valence-corrected chi connectivity index (χ3v) is 5.19. The van der Waals surface area contributed by atoms with Gasteiger partial charge in [0.15, 0.2) is 0 Å². The smallest absolute Gasteiger partial charge is 0.321 e. The highest BCUT2D eigenvalue weighted by atomic mass is 16.2. The van der Waals surface area contributed by atoms with E-state index in [4.69, 9.17) is 0 Å². The van der Waals surface area contributed by atoms with Crippen LogP contribution < -0.4 is 10.2 Å². The predicted molar refractivity (Wildman–Crippen MR) is 95.0 cm³/mol. The number of para-hydroxylation sites is 1. The Hall–Kier alpha value is -1.55. The Bertz CT molecular complexity index is 523. The summed E-state index contributed by atoms with van der Waals surface area (Å²) in [6.45, 7) is 7.60. The van der Waals surface area contributed by atoms with E-state index in [1.54, 1.807) is 0 Å². The highest BCUT2D eigenvalue weighted by Gasteiger charge is 2.23. The Morgan fingerprint density at radius 3 is 2.78 bits per heavy atom. The third-order valence-electron chi connectivity index (χ3n) is 5.19. The lowest BCUT2D eigenvalue weighted by Crippen LogP contribution is -2.39. The van der Waals surface area contributed by atoms with Gasteiger partial charge in [-0.15, -0.1) is 0 Å².